The second kappa shape index (κ2) is 12.2. The van der Waals surface area contributed by atoms with Crippen LogP contribution in [0.5, 0.6) is 11.5 Å². The highest BCUT2D eigenvalue weighted by molar-refractivity contribution is 7.21. The summed E-state index contributed by atoms with van der Waals surface area (Å²) in [4.78, 5) is 59.0. The molecule has 1 saturated heterocycles. The molecule has 5 amide bonds. The number of thiophene rings is 1. The summed E-state index contributed by atoms with van der Waals surface area (Å²) in [7, 11) is 0. The number of carbonyl (C=O) groups is 4. The first-order valence-corrected chi connectivity index (χ1v) is 15.0. The number of nitrogens with zero attached hydrogens (tertiary/aromatic N) is 3. The number of hydrogen-bond donors (Lipinski definition) is 4. The van der Waals surface area contributed by atoms with Crippen LogP contribution in [0.1, 0.15) is 34.5 Å². The van der Waals surface area contributed by atoms with Gasteiger partial charge in [-0.25, -0.2) is 14.6 Å². The molecule has 0 radical (unpaired) electrons. The first kappa shape index (κ1) is 28.9. The third kappa shape index (κ3) is 5.86. The summed E-state index contributed by atoms with van der Waals surface area (Å²) in [5.74, 6) is 0.823. The third-order valence-electron chi connectivity index (χ3n) is 7.56. The lowest BCUT2D eigenvalue weighted by atomic mass is 10.0. The van der Waals surface area contributed by atoms with Crippen molar-refractivity contribution in [3.05, 3.63) is 71.2 Å². The van der Waals surface area contributed by atoms with E-state index >= 15 is 0 Å². The van der Waals surface area contributed by atoms with Gasteiger partial charge in [-0.2, -0.15) is 0 Å². The Labute approximate surface area is 256 Å². The normalized spacial score (nSPS) is 15.9. The molecule has 44 heavy (non-hydrogen) atoms. The van der Waals surface area contributed by atoms with Crippen molar-refractivity contribution >= 4 is 62.6 Å². The second-order valence-corrected chi connectivity index (χ2v) is 11.6. The number of para-hydroxylation sites is 1. The Balaban J connectivity index is 1.21. The maximum atomic E-state index is 13.6. The highest BCUT2D eigenvalue weighted by Gasteiger charge is 2.34. The van der Waals surface area contributed by atoms with Crippen LogP contribution in [-0.2, 0) is 4.79 Å². The van der Waals surface area contributed by atoms with Gasteiger partial charge in [0.05, 0.1) is 22.4 Å². The number of amides is 5. The zero-order valence-corrected chi connectivity index (χ0v) is 24.6. The maximum Gasteiger partial charge on any atom is 0.404 e. The topological polar surface area (TPSA) is 153 Å². The summed E-state index contributed by atoms with van der Waals surface area (Å²) in [5, 5.41) is 17.6. The summed E-state index contributed by atoms with van der Waals surface area (Å²) in [6.45, 7) is 2.81. The average molecular weight is 615 g/mol. The van der Waals surface area contributed by atoms with E-state index in [4.69, 9.17) is 9.84 Å². The summed E-state index contributed by atoms with van der Waals surface area (Å²) >= 11 is 1.20. The number of aryl methyl sites for hydroxylation is 1. The number of carboxylic acid groups (broad SMARTS) is 1. The Morgan fingerprint density at radius 2 is 1.93 bits per heavy atom. The van der Waals surface area contributed by atoms with E-state index in [-0.39, 0.29) is 30.8 Å². The number of benzene rings is 2. The van der Waals surface area contributed by atoms with Crippen molar-refractivity contribution in [3.8, 4) is 11.5 Å². The first-order chi connectivity index (χ1) is 21.3. The lowest BCUT2D eigenvalue weighted by Crippen LogP contribution is -2.50. The molecule has 2 aliphatic rings. The zero-order chi connectivity index (χ0) is 30.8. The molecular formula is C31H30N6O6S. The molecule has 4 N–H and O–H groups in total. The van der Waals surface area contributed by atoms with Crippen molar-refractivity contribution in [2.24, 2.45) is 0 Å². The number of carbonyl (C=O) groups excluding carboxylic acids is 3. The molecule has 0 spiro atoms. The van der Waals surface area contributed by atoms with Crippen LogP contribution in [0, 0.1) is 6.92 Å². The molecule has 4 aromatic rings. The molecule has 226 valence electrons. The van der Waals surface area contributed by atoms with Crippen LogP contribution in [0.3, 0.4) is 0 Å². The van der Waals surface area contributed by atoms with Gasteiger partial charge >= 0.3 is 12.1 Å². The number of ether oxygens (including phenoxy) is 1. The minimum Gasteiger partial charge on any atom is -0.465 e. The van der Waals surface area contributed by atoms with Crippen molar-refractivity contribution in [1.29, 1.82) is 0 Å². The Hall–Kier alpha value is -5.17. The van der Waals surface area contributed by atoms with E-state index in [2.05, 4.69) is 20.9 Å². The molecule has 0 bridgehead atoms. The fourth-order valence-electron chi connectivity index (χ4n) is 5.56. The van der Waals surface area contributed by atoms with Gasteiger partial charge in [-0.15, -0.1) is 11.3 Å². The van der Waals surface area contributed by atoms with Crippen molar-refractivity contribution < 1.29 is 29.0 Å². The van der Waals surface area contributed by atoms with Crippen LogP contribution in [-0.4, -0.2) is 64.6 Å². The van der Waals surface area contributed by atoms with Crippen LogP contribution < -0.4 is 25.6 Å². The van der Waals surface area contributed by atoms with E-state index in [1.165, 1.54) is 11.3 Å². The maximum absolute atomic E-state index is 13.6. The molecule has 2 aliphatic heterocycles. The lowest BCUT2D eigenvalue weighted by molar-refractivity contribution is -0.132. The Morgan fingerprint density at radius 1 is 1.11 bits per heavy atom. The fraction of sp³-hybridized carbons (Fsp3) is 0.258. The van der Waals surface area contributed by atoms with Crippen LogP contribution in [0.25, 0.3) is 10.2 Å². The van der Waals surface area contributed by atoms with E-state index in [0.29, 0.717) is 69.6 Å². The minimum absolute atomic E-state index is 0.0318. The minimum atomic E-state index is -1.18. The number of hydrogen-bond acceptors (Lipinski definition) is 7. The predicted molar refractivity (Wildman–Crippen MR) is 166 cm³/mol. The number of urea groups is 1. The predicted octanol–water partition coefficient (Wildman–Crippen LogP) is 5.46. The number of nitrogens with one attached hydrogen (secondary N) is 3. The van der Waals surface area contributed by atoms with Crippen molar-refractivity contribution in [2.45, 2.75) is 32.2 Å². The van der Waals surface area contributed by atoms with Crippen LogP contribution in [0.2, 0.25) is 0 Å². The number of aromatic nitrogens is 1. The van der Waals surface area contributed by atoms with Crippen molar-refractivity contribution in [2.75, 3.05) is 29.9 Å². The Kier molecular flexibility index (Phi) is 8.03. The van der Waals surface area contributed by atoms with Gasteiger partial charge in [-0.1, -0.05) is 18.2 Å². The molecule has 4 heterocycles. The molecule has 0 aliphatic carbocycles. The average Bonchev–Trinajstić information content (AvgIpc) is 3.38. The van der Waals surface area contributed by atoms with Gasteiger partial charge in [0.15, 0.2) is 0 Å². The molecule has 2 aromatic heterocycles. The van der Waals surface area contributed by atoms with Crippen LogP contribution >= 0.6 is 11.3 Å². The zero-order valence-electron chi connectivity index (χ0n) is 23.8. The summed E-state index contributed by atoms with van der Waals surface area (Å²) in [6.07, 6.45) is 1.89. The van der Waals surface area contributed by atoms with Crippen molar-refractivity contribution in [1.82, 2.24) is 20.5 Å². The van der Waals surface area contributed by atoms with E-state index in [0.717, 1.165) is 5.56 Å². The van der Waals surface area contributed by atoms with Crippen molar-refractivity contribution in [3.63, 3.8) is 0 Å². The molecule has 6 rings (SSSR count). The lowest BCUT2D eigenvalue weighted by Gasteiger charge is -2.33. The Morgan fingerprint density at radius 3 is 2.70 bits per heavy atom. The first-order valence-electron chi connectivity index (χ1n) is 14.2. The monoisotopic (exact) mass is 614 g/mol. The number of pyridine rings is 1. The number of rotatable bonds is 8. The van der Waals surface area contributed by atoms with Gasteiger partial charge in [0, 0.05) is 38.3 Å². The molecule has 1 unspecified atom stereocenters. The molecule has 1 atom stereocenters. The van der Waals surface area contributed by atoms with Gasteiger partial charge < -0.3 is 30.7 Å². The smallest absolute Gasteiger partial charge is 0.404 e. The largest absolute Gasteiger partial charge is 0.465 e. The molecule has 1 fully saturated rings. The summed E-state index contributed by atoms with van der Waals surface area (Å²) < 4.78 is 5.96. The van der Waals surface area contributed by atoms with Gasteiger partial charge in [0.25, 0.3) is 5.91 Å². The number of anilines is 3. The Bertz CT molecular complexity index is 1760. The van der Waals surface area contributed by atoms with E-state index < -0.39 is 12.1 Å². The number of piperidine rings is 1. The molecule has 2 aromatic carbocycles. The van der Waals surface area contributed by atoms with E-state index in [9.17, 15) is 19.2 Å². The van der Waals surface area contributed by atoms with E-state index in [1.807, 2.05) is 55.5 Å². The highest BCUT2D eigenvalue weighted by atomic mass is 32.1. The SMILES string of the molecule is Cc1cc(Oc2ccccc2)ccc1N1C(=O)Nc2c(C(=O)NC3CCCN(C(=O)CCNC(=O)O)C3)sc3nccc1c23. The second-order valence-electron chi connectivity index (χ2n) is 10.6. The third-order valence-corrected chi connectivity index (χ3v) is 8.66. The van der Waals surface area contributed by atoms with Crippen LogP contribution in [0.15, 0.2) is 60.8 Å². The molecule has 13 heteroatoms. The van der Waals surface area contributed by atoms with Gasteiger partial charge in [-0.05, 0) is 61.7 Å². The van der Waals surface area contributed by atoms with Gasteiger partial charge in [0.2, 0.25) is 5.91 Å². The fourth-order valence-corrected chi connectivity index (χ4v) is 6.58. The molecule has 12 nitrogen and oxygen atoms in total. The van der Waals surface area contributed by atoms with Gasteiger partial charge in [-0.3, -0.25) is 14.5 Å². The number of likely N-dealkylation sites (tertiary alicyclic amines) is 1. The highest BCUT2D eigenvalue weighted by Crippen LogP contribution is 2.46. The van der Waals surface area contributed by atoms with Crippen LogP contribution in [0.4, 0.5) is 26.7 Å². The van der Waals surface area contributed by atoms with Gasteiger partial charge in [0.1, 0.15) is 21.2 Å². The molecule has 0 saturated carbocycles. The molecular weight excluding hydrogens is 584 g/mol. The summed E-state index contributed by atoms with van der Waals surface area (Å²) in [6, 6.07) is 16.0. The standard InChI is InChI=1S/C31H30N6O6S/c1-18-16-21(43-20-7-3-2-4-8-20)9-10-22(18)37-23-11-13-32-29-25(23)26(35-30(37)40)27(44-29)28(39)34-19-6-5-15-36(17-19)24(38)12-14-33-31(41)42/h2-4,7-11,13,16,19,33H,5-6,12,14-15,17H2,1H3,(H,34,39)(H,35,40)(H,41,42). The quantitative estimate of drug-likeness (QED) is 0.206. The van der Waals surface area contributed by atoms with E-state index in [1.54, 1.807) is 22.1 Å². The summed E-state index contributed by atoms with van der Waals surface area (Å²) in [5.41, 5.74) is 2.53.